The summed E-state index contributed by atoms with van der Waals surface area (Å²) in [5.74, 6) is 0. The van der Waals surface area contributed by atoms with Crippen LogP contribution in [0.2, 0.25) is 0 Å². The normalized spacial score (nSPS) is 12.9. The van der Waals surface area contributed by atoms with Crippen molar-refractivity contribution in [1.82, 2.24) is 4.98 Å². The predicted octanol–water partition coefficient (Wildman–Crippen LogP) is 2.81. The largest absolute Gasteiger partial charge is 0.443 e. The fraction of sp³-hybridized carbons (Fsp3) is 0.167. The Morgan fingerprint density at radius 1 is 1.32 bits per heavy atom. The summed E-state index contributed by atoms with van der Waals surface area (Å²) in [5.41, 5.74) is 0. The number of nitrogens with zero attached hydrogens (tertiary/aromatic N) is 1. The zero-order valence-electron chi connectivity index (χ0n) is 10.0. The second-order valence-corrected chi connectivity index (χ2v) is 6.43. The van der Waals surface area contributed by atoms with Crippen LogP contribution >= 0.6 is 11.3 Å². The highest BCUT2D eigenvalue weighted by Gasteiger charge is 2.29. The van der Waals surface area contributed by atoms with Gasteiger partial charge in [0.25, 0.3) is 9.84 Å². The minimum atomic E-state index is -4.11. The minimum absolute atomic E-state index is 0.0775. The molecule has 1 atom stereocenters. The van der Waals surface area contributed by atoms with Crippen molar-refractivity contribution in [3.63, 3.8) is 0 Å². The van der Waals surface area contributed by atoms with Crippen LogP contribution in [0.1, 0.15) is 18.0 Å². The second kappa shape index (κ2) is 5.50. The highest BCUT2D eigenvalue weighted by molar-refractivity contribution is 8.05. The molecular weight excluding hydrogens is 286 g/mol. The highest BCUT2D eigenvalue weighted by Crippen LogP contribution is 2.22. The van der Waals surface area contributed by atoms with Crippen molar-refractivity contribution < 1.29 is 17.9 Å². The molecule has 5 nitrogen and oxygen atoms in total. The van der Waals surface area contributed by atoms with Gasteiger partial charge in [0.1, 0.15) is 5.01 Å². The Morgan fingerprint density at radius 3 is 2.58 bits per heavy atom. The third-order valence-corrected chi connectivity index (χ3v) is 4.71. The molecule has 0 aliphatic carbocycles. The maximum absolute atomic E-state index is 11.9. The fourth-order valence-corrected chi connectivity index (χ4v) is 2.99. The average Bonchev–Trinajstić information content (AvgIpc) is 2.93. The van der Waals surface area contributed by atoms with E-state index in [0.29, 0.717) is 5.01 Å². The third-order valence-electron chi connectivity index (χ3n) is 2.35. The lowest BCUT2D eigenvalue weighted by molar-refractivity contribution is 0.131. The Bertz CT molecular complexity index is 650. The van der Waals surface area contributed by atoms with E-state index in [4.69, 9.17) is 4.74 Å². The molecule has 2 aromatic rings. The number of hydrogen-bond acceptors (Lipinski definition) is 6. The van der Waals surface area contributed by atoms with Crippen molar-refractivity contribution in [1.29, 1.82) is 0 Å². The maximum atomic E-state index is 11.9. The molecule has 1 aromatic heterocycles. The van der Waals surface area contributed by atoms with Gasteiger partial charge in [0, 0.05) is 11.6 Å². The van der Waals surface area contributed by atoms with Gasteiger partial charge >= 0.3 is 5.30 Å². The molecule has 0 aliphatic rings. The maximum Gasteiger partial charge on any atom is 0.430 e. The van der Waals surface area contributed by atoms with E-state index >= 15 is 0 Å². The molecule has 7 heteroatoms. The van der Waals surface area contributed by atoms with Crippen LogP contribution in [0.5, 0.6) is 0 Å². The summed E-state index contributed by atoms with van der Waals surface area (Å²) in [5, 5.41) is 1.02. The molecule has 0 aliphatic heterocycles. The molecule has 1 aromatic carbocycles. The molecule has 0 N–H and O–H groups in total. The van der Waals surface area contributed by atoms with Crippen molar-refractivity contribution in [2.75, 3.05) is 0 Å². The van der Waals surface area contributed by atoms with Gasteiger partial charge in [-0.25, -0.2) is 18.2 Å². The third kappa shape index (κ3) is 2.99. The van der Waals surface area contributed by atoms with Gasteiger partial charge in [0.05, 0.1) is 4.90 Å². The summed E-state index contributed by atoms with van der Waals surface area (Å²) in [6.45, 7) is 1.58. The smallest absolute Gasteiger partial charge is 0.430 e. The zero-order valence-corrected chi connectivity index (χ0v) is 11.6. The van der Waals surface area contributed by atoms with Crippen LogP contribution in [0.25, 0.3) is 0 Å². The molecule has 1 unspecified atom stereocenters. The van der Waals surface area contributed by atoms with E-state index in [-0.39, 0.29) is 4.90 Å². The summed E-state index contributed by atoms with van der Waals surface area (Å²) in [4.78, 5) is 15.6. The van der Waals surface area contributed by atoms with Crippen LogP contribution in [0.4, 0.5) is 4.79 Å². The molecule has 0 fully saturated rings. The molecule has 1 heterocycles. The summed E-state index contributed by atoms with van der Waals surface area (Å²) in [7, 11) is -4.11. The molecule has 0 bridgehead atoms. The monoisotopic (exact) mass is 297 g/mol. The minimum Gasteiger partial charge on any atom is -0.443 e. The SMILES string of the molecule is CC(OC(=O)S(=O)(=O)c1ccccc1)c1nccs1. The van der Waals surface area contributed by atoms with Gasteiger partial charge in [0.2, 0.25) is 0 Å². The van der Waals surface area contributed by atoms with Crippen molar-refractivity contribution >= 4 is 26.5 Å². The van der Waals surface area contributed by atoms with Crippen molar-refractivity contribution in [3.05, 3.63) is 46.9 Å². The summed E-state index contributed by atoms with van der Waals surface area (Å²) in [6.07, 6.45) is 0.877. The standard InChI is InChI=1S/C12H11NO4S2/c1-9(11-13-7-8-18-11)17-12(14)19(15,16)10-5-3-2-4-6-10/h2-9H,1H3. The number of ether oxygens (including phenoxy) is 1. The first-order chi connectivity index (χ1) is 9.01. The first-order valence-corrected chi connectivity index (χ1v) is 7.78. The molecule has 0 spiro atoms. The van der Waals surface area contributed by atoms with E-state index in [1.54, 1.807) is 36.7 Å². The number of hydrogen-bond donors (Lipinski definition) is 0. The second-order valence-electron chi connectivity index (χ2n) is 3.70. The van der Waals surface area contributed by atoms with Gasteiger partial charge in [-0.1, -0.05) is 18.2 Å². The molecule has 0 saturated carbocycles. The number of thiazole rings is 1. The number of carbonyl (C=O) groups excluding carboxylic acids is 1. The Hall–Kier alpha value is -1.73. The van der Waals surface area contributed by atoms with E-state index < -0.39 is 21.2 Å². The van der Waals surface area contributed by atoms with Crippen LogP contribution < -0.4 is 0 Å². The first-order valence-electron chi connectivity index (χ1n) is 5.42. The highest BCUT2D eigenvalue weighted by atomic mass is 32.2. The van der Waals surface area contributed by atoms with Crippen LogP contribution in [0.15, 0.2) is 46.8 Å². The van der Waals surface area contributed by atoms with Crippen molar-refractivity contribution in [2.45, 2.75) is 17.9 Å². The molecule has 100 valence electrons. The van der Waals surface area contributed by atoms with E-state index in [1.165, 1.54) is 23.5 Å². The number of sulfone groups is 1. The van der Waals surface area contributed by atoms with E-state index in [9.17, 15) is 13.2 Å². The van der Waals surface area contributed by atoms with Crippen LogP contribution in [-0.4, -0.2) is 18.7 Å². The lowest BCUT2D eigenvalue weighted by Crippen LogP contribution is -2.18. The molecule has 2 rings (SSSR count). The quantitative estimate of drug-likeness (QED) is 0.814. The number of carbonyl (C=O) groups is 1. The van der Waals surface area contributed by atoms with E-state index in [0.717, 1.165) is 0 Å². The summed E-state index contributed by atoms with van der Waals surface area (Å²) >= 11 is 1.30. The van der Waals surface area contributed by atoms with Gasteiger partial charge in [0.15, 0.2) is 6.10 Å². The van der Waals surface area contributed by atoms with Gasteiger partial charge in [-0.3, -0.25) is 0 Å². The number of benzene rings is 1. The average molecular weight is 297 g/mol. The molecule has 0 radical (unpaired) electrons. The fourth-order valence-electron chi connectivity index (χ4n) is 1.39. The summed E-state index contributed by atoms with van der Waals surface area (Å²) in [6, 6.07) is 7.46. The van der Waals surface area contributed by atoms with Crippen LogP contribution in [0.3, 0.4) is 0 Å². The van der Waals surface area contributed by atoms with Crippen LogP contribution in [-0.2, 0) is 14.6 Å². The van der Waals surface area contributed by atoms with Gasteiger partial charge < -0.3 is 4.74 Å². The number of rotatable bonds is 3. The Balaban J connectivity index is 2.16. The molecule has 19 heavy (non-hydrogen) atoms. The predicted molar refractivity (Wildman–Crippen MR) is 70.6 cm³/mol. The Kier molecular flexibility index (Phi) is 3.96. The zero-order chi connectivity index (χ0) is 13.9. The molecular formula is C12H11NO4S2. The van der Waals surface area contributed by atoms with Gasteiger partial charge in [-0.2, -0.15) is 0 Å². The Morgan fingerprint density at radius 2 is 2.00 bits per heavy atom. The van der Waals surface area contributed by atoms with Gasteiger partial charge in [-0.05, 0) is 19.1 Å². The topological polar surface area (TPSA) is 73.3 Å². The lowest BCUT2D eigenvalue weighted by atomic mass is 10.4. The molecule has 0 amide bonds. The number of aromatic nitrogens is 1. The van der Waals surface area contributed by atoms with Crippen molar-refractivity contribution in [2.24, 2.45) is 0 Å². The van der Waals surface area contributed by atoms with E-state index in [2.05, 4.69) is 4.98 Å². The molecule has 0 saturated heterocycles. The lowest BCUT2D eigenvalue weighted by Gasteiger charge is -2.10. The van der Waals surface area contributed by atoms with Crippen LogP contribution in [0, 0.1) is 0 Å². The summed E-state index contributed by atoms with van der Waals surface area (Å²) < 4.78 is 28.8. The van der Waals surface area contributed by atoms with Crippen molar-refractivity contribution in [3.8, 4) is 0 Å². The van der Waals surface area contributed by atoms with E-state index in [1.807, 2.05) is 0 Å². The van der Waals surface area contributed by atoms with Gasteiger partial charge in [-0.15, -0.1) is 11.3 Å². The first kappa shape index (κ1) is 13.7. The Labute approximate surface area is 114 Å².